The zero-order valence-electron chi connectivity index (χ0n) is 12.1. The molecule has 4 rings (SSSR count). The van der Waals surface area contributed by atoms with Crippen LogP contribution in [0.3, 0.4) is 0 Å². The Kier molecular flexibility index (Phi) is 3.49. The van der Waals surface area contributed by atoms with Gasteiger partial charge in [-0.3, -0.25) is 0 Å². The first kappa shape index (κ1) is 13.4. The molecule has 2 aliphatic rings. The van der Waals surface area contributed by atoms with Gasteiger partial charge in [0.25, 0.3) is 0 Å². The molecule has 1 aliphatic heterocycles. The summed E-state index contributed by atoms with van der Waals surface area (Å²) in [4.78, 5) is 0. The number of nitrogens with zero attached hydrogens (tertiary/aromatic N) is 2. The summed E-state index contributed by atoms with van der Waals surface area (Å²) in [5, 5.41) is 8.61. The van der Waals surface area contributed by atoms with Crippen molar-refractivity contribution >= 4 is 21.7 Å². The van der Waals surface area contributed by atoms with Crippen molar-refractivity contribution in [3.8, 4) is 5.69 Å². The van der Waals surface area contributed by atoms with Crippen LogP contribution < -0.4 is 5.32 Å². The molecule has 0 spiro atoms. The lowest BCUT2D eigenvalue weighted by Crippen LogP contribution is -2.11. The van der Waals surface area contributed by atoms with E-state index in [1.165, 1.54) is 55.6 Å². The molecule has 1 aromatic heterocycles. The normalized spacial score (nSPS) is 18.5. The summed E-state index contributed by atoms with van der Waals surface area (Å²) in [5.74, 6) is 1.92. The van der Waals surface area contributed by atoms with Crippen molar-refractivity contribution in [2.24, 2.45) is 0 Å². The molecule has 0 bridgehead atoms. The molecule has 0 radical (unpaired) electrons. The number of nitrogens with one attached hydrogen (secondary N) is 1. The largest absolute Gasteiger partial charge is 0.370 e. The Morgan fingerprint density at radius 1 is 1.10 bits per heavy atom. The van der Waals surface area contributed by atoms with E-state index in [2.05, 4.69) is 50.2 Å². The van der Waals surface area contributed by atoms with Crippen LogP contribution >= 0.6 is 15.9 Å². The van der Waals surface area contributed by atoms with E-state index in [1.807, 2.05) is 0 Å². The topological polar surface area (TPSA) is 29.9 Å². The number of rotatable bonds is 2. The molecule has 2 aromatic rings. The van der Waals surface area contributed by atoms with Crippen molar-refractivity contribution < 1.29 is 0 Å². The smallest absolute Gasteiger partial charge is 0.133 e. The molecule has 0 saturated heterocycles. The fourth-order valence-electron chi connectivity index (χ4n) is 3.31. The fourth-order valence-corrected chi connectivity index (χ4v) is 3.57. The lowest BCUT2D eigenvalue weighted by atomic mass is 9.81. The van der Waals surface area contributed by atoms with Gasteiger partial charge in [-0.25, -0.2) is 4.68 Å². The second-order valence-electron chi connectivity index (χ2n) is 6.11. The van der Waals surface area contributed by atoms with Gasteiger partial charge in [0.2, 0.25) is 0 Å². The minimum absolute atomic E-state index is 0.690. The number of anilines is 1. The van der Waals surface area contributed by atoms with Crippen molar-refractivity contribution in [2.75, 3.05) is 11.9 Å². The Bertz CT molecular complexity index is 641. The summed E-state index contributed by atoms with van der Waals surface area (Å²) in [7, 11) is 0. The van der Waals surface area contributed by atoms with Gasteiger partial charge < -0.3 is 5.32 Å². The molecule has 1 fully saturated rings. The van der Waals surface area contributed by atoms with Crippen LogP contribution in [0.4, 0.5) is 5.82 Å². The molecular formula is C17H20BrN3. The van der Waals surface area contributed by atoms with Gasteiger partial charge in [0.05, 0.1) is 11.4 Å². The highest BCUT2D eigenvalue weighted by atomic mass is 79.9. The first-order valence-corrected chi connectivity index (χ1v) is 8.74. The van der Waals surface area contributed by atoms with E-state index in [0.717, 1.165) is 16.7 Å². The fraction of sp³-hybridized carbons (Fsp3) is 0.471. The van der Waals surface area contributed by atoms with Gasteiger partial charge in [-0.2, -0.15) is 5.10 Å². The Balaban J connectivity index is 1.82. The predicted molar refractivity (Wildman–Crippen MR) is 89.3 cm³/mol. The molecule has 3 nitrogen and oxygen atoms in total. The van der Waals surface area contributed by atoms with Gasteiger partial charge in [0.15, 0.2) is 0 Å². The van der Waals surface area contributed by atoms with Gasteiger partial charge in [0, 0.05) is 22.5 Å². The third-order valence-corrected chi connectivity index (χ3v) is 5.25. The number of benzene rings is 1. The maximum atomic E-state index is 4.99. The van der Waals surface area contributed by atoms with Crippen molar-refractivity contribution in [1.82, 2.24) is 9.78 Å². The first-order chi connectivity index (χ1) is 10.3. The van der Waals surface area contributed by atoms with Crippen LogP contribution in [-0.2, 0) is 6.42 Å². The summed E-state index contributed by atoms with van der Waals surface area (Å²) in [5.41, 5.74) is 3.98. The summed E-state index contributed by atoms with van der Waals surface area (Å²) < 4.78 is 3.23. The third-order valence-electron chi connectivity index (χ3n) is 4.72. The van der Waals surface area contributed by atoms with Gasteiger partial charge >= 0.3 is 0 Å². The minimum atomic E-state index is 0.690. The molecule has 0 atom stereocenters. The molecule has 21 heavy (non-hydrogen) atoms. The summed E-state index contributed by atoms with van der Waals surface area (Å²) >= 11 is 3.51. The zero-order chi connectivity index (χ0) is 14.2. The third kappa shape index (κ3) is 2.39. The van der Waals surface area contributed by atoms with E-state index in [9.17, 15) is 0 Å². The first-order valence-electron chi connectivity index (χ1n) is 7.94. The monoisotopic (exact) mass is 345 g/mol. The molecule has 1 aliphatic carbocycles. The zero-order valence-corrected chi connectivity index (χ0v) is 13.7. The SMILES string of the molecule is Brc1ccc(-n2nc(C3CCC3)c3c2NCCCC3)cc1. The standard InChI is InChI=1S/C17H20BrN3/c18-13-7-9-14(10-8-13)21-17-15(6-1-2-11-19-17)16(20-21)12-4-3-5-12/h7-10,12,19H,1-6,11H2. The van der Waals surface area contributed by atoms with E-state index >= 15 is 0 Å². The molecule has 1 N–H and O–H groups in total. The van der Waals surface area contributed by atoms with E-state index in [0.29, 0.717) is 5.92 Å². The Labute approximate surface area is 133 Å². The molecule has 110 valence electrons. The van der Waals surface area contributed by atoms with Gasteiger partial charge in [-0.15, -0.1) is 0 Å². The summed E-state index contributed by atoms with van der Waals surface area (Å²) in [6.07, 6.45) is 7.67. The van der Waals surface area contributed by atoms with Crippen molar-refractivity contribution in [3.05, 3.63) is 40.0 Å². The molecule has 4 heteroatoms. The van der Waals surface area contributed by atoms with E-state index in [-0.39, 0.29) is 0 Å². The van der Waals surface area contributed by atoms with Crippen molar-refractivity contribution in [3.63, 3.8) is 0 Å². The van der Waals surface area contributed by atoms with Crippen LogP contribution in [0.25, 0.3) is 5.69 Å². The van der Waals surface area contributed by atoms with Crippen LogP contribution in [0.1, 0.15) is 49.3 Å². The molecular weight excluding hydrogens is 326 g/mol. The van der Waals surface area contributed by atoms with E-state index in [1.54, 1.807) is 0 Å². The van der Waals surface area contributed by atoms with Crippen LogP contribution in [0.15, 0.2) is 28.7 Å². The van der Waals surface area contributed by atoms with Crippen molar-refractivity contribution in [2.45, 2.75) is 44.4 Å². The summed E-state index contributed by atoms with van der Waals surface area (Å²) in [6.45, 7) is 1.05. The van der Waals surface area contributed by atoms with Crippen LogP contribution in [0.2, 0.25) is 0 Å². The van der Waals surface area contributed by atoms with Gasteiger partial charge in [-0.1, -0.05) is 22.4 Å². The summed E-state index contributed by atoms with van der Waals surface area (Å²) in [6, 6.07) is 8.44. The number of hydrogen-bond acceptors (Lipinski definition) is 2. The second-order valence-corrected chi connectivity index (χ2v) is 7.03. The highest BCUT2D eigenvalue weighted by Gasteiger charge is 2.29. The van der Waals surface area contributed by atoms with Gasteiger partial charge in [-0.05, 0) is 56.4 Å². The molecule has 1 saturated carbocycles. The highest BCUT2D eigenvalue weighted by molar-refractivity contribution is 9.10. The second kappa shape index (κ2) is 5.48. The average Bonchev–Trinajstić information content (AvgIpc) is 2.63. The maximum absolute atomic E-state index is 4.99. The average molecular weight is 346 g/mol. The van der Waals surface area contributed by atoms with Crippen molar-refractivity contribution in [1.29, 1.82) is 0 Å². The van der Waals surface area contributed by atoms with Gasteiger partial charge in [0.1, 0.15) is 5.82 Å². The molecule has 0 unspecified atom stereocenters. The van der Waals surface area contributed by atoms with Crippen LogP contribution in [0, 0.1) is 0 Å². The molecule has 0 amide bonds. The number of fused-ring (bicyclic) bond motifs is 1. The molecule has 2 heterocycles. The Hall–Kier alpha value is -1.29. The molecule has 1 aromatic carbocycles. The maximum Gasteiger partial charge on any atom is 0.133 e. The predicted octanol–water partition coefficient (Wildman–Crippen LogP) is 4.65. The van der Waals surface area contributed by atoms with Crippen LogP contribution in [-0.4, -0.2) is 16.3 Å². The van der Waals surface area contributed by atoms with Crippen LogP contribution in [0.5, 0.6) is 0 Å². The Morgan fingerprint density at radius 2 is 1.90 bits per heavy atom. The highest BCUT2D eigenvalue weighted by Crippen LogP contribution is 2.41. The minimum Gasteiger partial charge on any atom is -0.370 e. The lowest BCUT2D eigenvalue weighted by Gasteiger charge is -2.24. The number of aromatic nitrogens is 2. The Morgan fingerprint density at radius 3 is 2.62 bits per heavy atom. The number of hydrogen-bond donors (Lipinski definition) is 1. The number of halogens is 1. The van der Waals surface area contributed by atoms with E-state index < -0.39 is 0 Å². The lowest BCUT2D eigenvalue weighted by molar-refractivity contribution is 0.406. The van der Waals surface area contributed by atoms with E-state index in [4.69, 9.17) is 5.10 Å². The quantitative estimate of drug-likeness (QED) is 0.858.